The lowest BCUT2D eigenvalue weighted by Crippen LogP contribution is -2.32. The molecule has 1 unspecified atom stereocenters. The first-order valence-corrected chi connectivity index (χ1v) is 7.02. The third kappa shape index (κ3) is 3.43. The molecule has 1 atom stereocenters. The van der Waals surface area contributed by atoms with Gasteiger partial charge in [-0.25, -0.2) is 4.79 Å². The van der Waals surface area contributed by atoms with Crippen LogP contribution in [0.15, 0.2) is 35.1 Å². The zero-order valence-corrected chi connectivity index (χ0v) is 13.9. The number of carbonyl (C=O) groups excluding carboxylic acids is 1. The van der Waals surface area contributed by atoms with Crippen LogP contribution in [0.4, 0.5) is 0 Å². The van der Waals surface area contributed by atoms with Crippen molar-refractivity contribution in [1.82, 2.24) is 4.90 Å². The van der Waals surface area contributed by atoms with Gasteiger partial charge < -0.3 is 18.6 Å². The van der Waals surface area contributed by atoms with Gasteiger partial charge in [-0.2, -0.15) is 0 Å². The highest BCUT2D eigenvalue weighted by Gasteiger charge is 2.21. The van der Waals surface area contributed by atoms with E-state index in [1.807, 2.05) is 25.9 Å². The molecular weight excluding hydrogens is 322 g/mol. The van der Waals surface area contributed by atoms with Crippen molar-refractivity contribution < 1.29 is 23.4 Å². The van der Waals surface area contributed by atoms with Gasteiger partial charge in [-0.05, 0) is 32.6 Å². The smallest absolute Gasteiger partial charge is 0.375 e. The van der Waals surface area contributed by atoms with Gasteiger partial charge in [-0.1, -0.05) is 6.92 Å². The molecule has 1 aliphatic rings. The number of furan rings is 1. The Hall–Kier alpha value is -2.18. The van der Waals surface area contributed by atoms with Crippen LogP contribution < -0.4 is 9.47 Å². The van der Waals surface area contributed by atoms with Gasteiger partial charge in [0.15, 0.2) is 17.7 Å². The lowest BCUT2D eigenvalue weighted by atomic mass is 10.2. The molecule has 1 aromatic carbocycles. The van der Waals surface area contributed by atoms with E-state index in [-0.39, 0.29) is 24.4 Å². The molecule has 0 bridgehead atoms. The number of carbonyl (C=O) groups is 1. The van der Waals surface area contributed by atoms with E-state index in [0.717, 1.165) is 5.39 Å². The standard InChI is InChI=1S/C16H17NO5.ClH/c1-4-15(17(2)3)22-16(18)14-8-10-7-12-13(9-11(10)21-14)20-6-5-19-12;/h5-9,15H,4H2,1-3H3;1H. The summed E-state index contributed by atoms with van der Waals surface area (Å²) in [7, 11) is 3.71. The Bertz CT molecular complexity index is 692. The van der Waals surface area contributed by atoms with E-state index in [9.17, 15) is 4.79 Å². The molecule has 124 valence electrons. The summed E-state index contributed by atoms with van der Waals surface area (Å²) in [6.45, 7) is 1.95. The van der Waals surface area contributed by atoms with Gasteiger partial charge in [0.1, 0.15) is 18.1 Å². The Morgan fingerprint density at radius 3 is 2.43 bits per heavy atom. The highest BCUT2D eigenvalue weighted by Crippen LogP contribution is 2.36. The highest BCUT2D eigenvalue weighted by molar-refractivity contribution is 5.93. The van der Waals surface area contributed by atoms with Gasteiger partial charge in [0.25, 0.3) is 0 Å². The molecule has 0 radical (unpaired) electrons. The van der Waals surface area contributed by atoms with Gasteiger partial charge in [0.2, 0.25) is 5.76 Å². The first kappa shape index (κ1) is 17.2. The average molecular weight is 340 g/mol. The fourth-order valence-corrected chi connectivity index (χ4v) is 2.27. The summed E-state index contributed by atoms with van der Waals surface area (Å²) < 4.78 is 21.7. The van der Waals surface area contributed by atoms with Crippen molar-refractivity contribution in [1.29, 1.82) is 0 Å². The fourth-order valence-electron chi connectivity index (χ4n) is 2.27. The predicted molar refractivity (Wildman–Crippen MR) is 87.0 cm³/mol. The molecule has 0 saturated carbocycles. The zero-order valence-electron chi connectivity index (χ0n) is 13.1. The van der Waals surface area contributed by atoms with Crippen LogP contribution in [-0.4, -0.2) is 31.2 Å². The molecule has 2 aromatic rings. The summed E-state index contributed by atoms with van der Waals surface area (Å²) in [5.74, 6) is 0.791. The minimum absolute atomic E-state index is 0. The molecule has 1 aliphatic heterocycles. The molecule has 0 aliphatic carbocycles. The van der Waals surface area contributed by atoms with Crippen LogP contribution in [0.3, 0.4) is 0 Å². The minimum atomic E-state index is -0.491. The Morgan fingerprint density at radius 2 is 1.83 bits per heavy atom. The lowest BCUT2D eigenvalue weighted by Gasteiger charge is -2.22. The molecule has 0 saturated heterocycles. The number of fused-ring (bicyclic) bond motifs is 2. The second-order valence-electron chi connectivity index (χ2n) is 5.19. The summed E-state index contributed by atoms with van der Waals surface area (Å²) >= 11 is 0. The fraction of sp³-hybridized carbons (Fsp3) is 0.312. The Balaban J connectivity index is 0.00000192. The quantitative estimate of drug-likeness (QED) is 0.627. The number of rotatable bonds is 4. The number of hydrogen-bond acceptors (Lipinski definition) is 6. The molecule has 0 spiro atoms. The molecule has 1 aromatic heterocycles. The molecule has 0 fully saturated rings. The average Bonchev–Trinajstić information content (AvgIpc) is 2.92. The molecule has 0 amide bonds. The predicted octanol–water partition coefficient (Wildman–Crippen LogP) is 3.55. The van der Waals surface area contributed by atoms with Crippen molar-refractivity contribution in [3.8, 4) is 11.5 Å². The summed E-state index contributed by atoms with van der Waals surface area (Å²) in [5.41, 5.74) is 0.544. The van der Waals surface area contributed by atoms with Gasteiger partial charge in [0, 0.05) is 11.5 Å². The maximum atomic E-state index is 12.2. The van der Waals surface area contributed by atoms with Crippen LogP contribution in [-0.2, 0) is 4.74 Å². The summed E-state index contributed by atoms with van der Waals surface area (Å²) in [6, 6.07) is 5.09. The number of benzene rings is 1. The van der Waals surface area contributed by atoms with Gasteiger partial charge in [-0.15, -0.1) is 12.4 Å². The van der Waals surface area contributed by atoms with E-state index in [1.165, 1.54) is 12.5 Å². The maximum Gasteiger partial charge on any atom is 0.375 e. The van der Waals surface area contributed by atoms with Crippen molar-refractivity contribution in [2.45, 2.75) is 19.6 Å². The van der Waals surface area contributed by atoms with Crippen LogP contribution in [0.5, 0.6) is 11.5 Å². The Morgan fingerprint density at radius 1 is 1.17 bits per heavy atom. The Labute approximate surface area is 140 Å². The topological polar surface area (TPSA) is 61.1 Å². The van der Waals surface area contributed by atoms with Crippen LogP contribution in [0.1, 0.15) is 23.9 Å². The van der Waals surface area contributed by atoms with Crippen LogP contribution in [0.25, 0.3) is 11.0 Å². The largest absolute Gasteiger partial charge is 0.458 e. The van der Waals surface area contributed by atoms with Crippen molar-refractivity contribution in [3.05, 3.63) is 36.5 Å². The molecular formula is C16H18ClNO5. The summed E-state index contributed by atoms with van der Waals surface area (Å²) in [5, 5.41) is 0.752. The van der Waals surface area contributed by atoms with Gasteiger partial charge in [0.05, 0.1) is 0 Å². The number of hydrogen-bond donors (Lipinski definition) is 0. The van der Waals surface area contributed by atoms with Crippen LogP contribution >= 0.6 is 12.4 Å². The number of esters is 1. The summed E-state index contributed by atoms with van der Waals surface area (Å²) in [6.07, 6.45) is 3.30. The molecule has 6 nitrogen and oxygen atoms in total. The first-order chi connectivity index (χ1) is 10.6. The third-order valence-electron chi connectivity index (χ3n) is 3.40. The van der Waals surface area contributed by atoms with E-state index >= 15 is 0 Å². The monoisotopic (exact) mass is 339 g/mol. The Kier molecular flexibility index (Phi) is 5.18. The molecule has 3 rings (SSSR count). The van der Waals surface area contributed by atoms with Crippen LogP contribution in [0, 0.1) is 0 Å². The number of ether oxygens (including phenoxy) is 3. The molecule has 7 heteroatoms. The first-order valence-electron chi connectivity index (χ1n) is 7.02. The minimum Gasteiger partial charge on any atom is -0.458 e. The second-order valence-corrected chi connectivity index (χ2v) is 5.19. The van der Waals surface area contributed by atoms with E-state index < -0.39 is 5.97 Å². The normalized spacial score (nSPS) is 13.7. The molecule has 23 heavy (non-hydrogen) atoms. The maximum absolute atomic E-state index is 12.2. The van der Waals surface area contributed by atoms with Crippen molar-refractivity contribution in [2.24, 2.45) is 0 Å². The zero-order chi connectivity index (χ0) is 15.7. The SMILES string of the molecule is CCC(OC(=O)c1cc2cc3c(cc2o1)OC=CO3)N(C)C.Cl. The van der Waals surface area contributed by atoms with Crippen molar-refractivity contribution >= 4 is 29.3 Å². The van der Waals surface area contributed by atoms with E-state index in [2.05, 4.69) is 0 Å². The summed E-state index contributed by atoms with van der Waals surface area (Å²) in [4.78, 5) is 14.0. The van der Waals surface area contributed by atoms with Gasteiger partial charge >= 0.3 is 5.97 Å². The molecule has 2 heterocycles. The van der Waals surface area contributed by atoms with E-state index in [4.69, 9.17) is 18.6 Å². The highest BCUT2D eigenvalue weighted by atomic mass is 35.5. The van der Waals surface area contributed by atoms with Crippen LogP contribution in [0.2, 0.25) is 0 Å². The third-order valence-corrected chi connectivity index (χ3v) is 3.40. The number of halogens is 1. The van der Waals surface area contributed by atoms with E-state index in [1.54, 1.807) is 18.2 Å². The van der Waals surface area contributed by atoms with E-state index in [0.29, 0.717) is 23.5 Å². The van der Waals surface area contributed by atoms with Crippen molar-refractivity contribution in [3.63, 3.8) is 0 Å². The second kappa shape index (κ2) is 6.93. The van der Waals surface area contributed by atoms with Gasteiger partial charge in [-0.3, -0.25) is 4.90 Å². The lowest BCUT2D eigenvalue weighted by molar-refractivity contribution is -0.0181. The van der Waals surface area contributed by atoms with Crippen molar-refractivity contribution in [2.75, 3.05) is 14.1 Å². The molecule has 0 N–H and O–H groups in total. The number of nitrogens with zero attached hydrogens (tertiary/aromatic N) is 1.